The van der Waals surface area contributed by atoms with E-state index in [-0.39, 0.29) is 17.5 Å². The van der Waals surface area contributed by atoms with Gasteiger partial charge in [0.15, 0.2) is 0 Å². The molecule has 0 N–H and O–H groups in total. The average Bonchev–Trinajstić information content (AvgIpc) is 2.75. The van der Waals surface area contributed by atoms with E-state index in [1.807, 2.05) is 0 Å². The van der Waals surface area contributed by atoms with E-state index >= 15 is 0 Å². The summed E-state index contributed by atoms with van der Waals surface area (Å²) < 4.78 is 6.05. The molecule has 3 aliphatic carbocycles. The molecule has 29 heavy (non-hydrogen) atoms. The Hall–Kier alpha value is -0.790. The molecule has 0 spiro atoms. The van der Waals surface area contributed by atoms with Crippen LogP contribution >= 0.6 is 0 Å². The summed E-state index contributed by atoms with van der Waals surface area (Å²) in [6.07, 6.45) is 26.6. The molecule has 3 aliphatic rings. The number of allylic oxidation sites excluding steroid dienone is 2. The first-order valence-corrected chi connectivity index (χ1v) is 13.0. The maximum Gasteiger partial charge on any atom is 0.309 e. The van der Waals surface area contributed by atoms with Crippen LogP contribution in [0, 0.1) is 23.7 Å². The first-order chi connectivity index (χ1) is 14.1. The van der Waals surface area contributed by atoms with Crippen molar-refractivity contribution in [1.29, 1.82) is 0 Å². The van der Waals surface area contributed by atoms with Crippen LogP contribution in [0.15, 0.2) is 12.2 Å². The molecule has 0 unspecified atom stereocenters. The maximum atomic E-state index is 12.6. The monoisotopic (exact) mass is 402 g/mol. The van der Waals surface area contributed by atoms with E-state index in [4.69, 9.17) is 4.74 Å². The normalized spacial score (nSPS) is 34.3. The van der Waals surface area contributed by atoms with Gasteiger partial charge in [-0.05, 0) is 88.9 Å². The topological polar surface area (TPSA) is 26.3 Å². The Labute approximate surface area is 180 Å². The lowest BCUT2D eigenvalue weighted by Crippen LogP contribution is -2.38. The van der Waals surface area contributed by atoms with Crippen LogP contribution in [-0.2, 0) is 9.53 Å². The number of esters is 1. The number of hydrogen-bond acceptors (Lipinski definition) is 2. The van der Waals surface area contributed by atoms with Crippen LogP contribution in [0.1, 0.15) is 123 Å². The summed E-state index contributed by atoms with van der Waals surface area (Å²) >= 11 is 0. The summed E-state index contributed by atoms with van der Waals surface area (Å²) in [6, 6.07) is 0. The Balaban J connectivity index is 1.34. The fourth-order valence-corrected chi connectivity index (χ4v) is 5.88. The van der Waals surface area contributed by atoms with Crippen molar-refractivity contribution in [2.75, 3.05) is 0 Å². The highest BCUT2D eigenvalue weighted by Gasteiger charge is 2.36. The van der Waals surface area contributed by atoms with Crippen molar-refractivity contribution in [3.05, 3.63) is 12.2 Å². The van der Waals surface area contributed by atoms with Crippen LogP contribution in [-0.4, -0.2) is 11.6 Å². The molecule has 0 radical (unpaired) electrons. The number of ether oxygens (including phenoxy) is 1. The van der Waals surface area contributed by atoms with Gasteiger partial charge in [-0.2, -0.15) is 0 Å². The van der Waals surface area contributed by atoms with E-state index in [1.165, 1.54) is 83.5 Å². The Morgan fingerprint density at radius 3 is 2.10 bits per heavy atom. The second kappa shape index (κ2) is 11.6. The first kappa shape index (κ1) is 22.9. The SMILES string of the molecule is CCCCCC1CCC(/C=C/C2CCC(C)(OC(=O)C3CCCCC3)CC2)CC1. The highest BCUT2D eigenvalue weighted by Crippen LogP contribution is 2.38. The molecule has 0 amide bonds. The molecule has 0 aromatic heterocycles. The van der Waals surface area contributed by atoms with Crippen LogP contribution in [0.5, 0.6) is 0 Å². The quantitative estimate of drug-likeness (QED) is 0.233. The lowest BCUT2D eigenvalue weighted by molar-refractivity contribution is -0.168. The molecule has 2 heteroatoms. The molecule has 3 saturated carbocycles. The smallest absolute Gasteiger partial charge is 0.309 e. The molecule has 0 bridgehead atoms. The third-order valence-corrected chi connectivity index (χ3v) is 8.14. The molecule has 0 heterocycles. The van der Waals surface area contributed by atoms with Gasteiger partial charge in [0.25, 0.3) is 0 Å². The standard InChI is InChI=1S/C27H46O2/c1-3-4-6-9-22-12-14-23(15-13-22)16-17-24-18-20-27(2,21-19-24)29-26(28)25-10-7-5-8-11-25/h16-17,22-25H,3-15,18-21H2,1-2H3/b17-16+. The van der Waals surface area contributed by atoms with E-state index < -0.39 is 0 Å². The summed E-state index contributed by atoms with van der Waals surface area (Å²) in [4.78, 5) is 12.6. The zero-order valence-electron chi connectivity index (χ0n) is 19.3. The molecule has 3 rings (SSSR count). The minimum Gasteiger partial charge on any atom is -0.459 e. The summed E-state index contributed by atoms with van der Waals surface area (Å²) in [7, 11) is 0. The number of hydrogen-bond donors (Lipinski definition) is 0. The van der Waals surface area contributed by atoms with Gasteiger partial charge in [0.05, 0.1) is 5.92 Å². The summed E-state index contributed by atoms with van der Waals surface area (Å²) in [5.41, 5.74) is -0.213. The van der Waals surface area contributed by atoms with Gasteiger partial charge in [-0.15, -0.1) is 0 Å². The van der Waals surface area contributed by atoms with Crippen LogP contribution < -0.4 is 0 Å². The first-order valence-electron chi connectivity index (χ1n) is 13.0. The van der Waals surface area contributed by atoms with E-state index in [0.717, 1.165) is 37.5 Å². The molecule has 0 atom stereocenters. The zero-order chi connectivity index (χ0) is 20.5. The summed E-state index contributed by atoms with van der Waals surface area (Å²) in [5.74, 6) is 2.78. The third-order valence-electron chi connectivity index (χ3n) is 8.14. The number of unbranched alkanes of at least 4 members (excludes halogenated alkanes) is 2. The minimum absolute atomic E-state index is 0.0943. The molecule has 0 aromatic carbocycles. The van der Waals surface area contributed by atoms with Crippen LogP contribution in [0.25, 0.3) is 0 Å². The van der Waals surface area contributed by atoms with Crippen molar-refractivity contribution >= 4 is 5.97 Å². The van der Waals surface area contributed by atoms with Crippen molar-refractivity contribution in [2.24, 2.45) is 23.7 Å². The van der Waals surface area contributed by atoms with Crippen LogP contribution in [0.4, 0.5) is 0 Å². The molecule has 0 aliphatic heterocycles. The summed E-state index contributed by atoms with van der Waals surface area (Å²) in [6.45, 7) is 4.48. The van der Waals surface area contributed by atoms with Crippen molar-refractivity contribution in [1.82, 2.24) is 0 Å². The Morgan fingerprint density at radius 2 is 1.48 bits per heavy atom. The predicted octanol–water partition coefficient (Wildman–Crippen LogP) is 8.00. The van der Waals surface area contributed by atoms with Crippen molar-refractivity contribution < 1.29 is 9.53 Å². The largest absolute Gasteiger partial charge is 0.459 e. The van der Waals surface area contributed by atoms with Crippen molar-refractivity contribution in [2.45, 2.75) is 129 Å². The second-order valence-corrected chi connectivity index (χ2v) is 10.7. The molecule has 2 nitrogen and oxygen atoms in total. The number of carbonyl (C=O) groups excluding carboxylic acids is 1. The maximum absolute atomic E-state index is 12.6. The van der Waals surface area contributed by atoms with Gasteiger partial charge in [-0.3, -0.25) is 4.79 Å². The predicted molar refractivity (Wildman–Crippen MR) is 122 cm³/mol. The van der Waals surface area contributed by atoms with Gasteiger partial charge in [0, 0.05) is 0 Å². The van der Waals surface area contributed by atoms with Gasteiger partial charge >= 0.3 is 5.97 Å². The molecular formula is C27H46O2. The fraction of sp³-hybridized carbons (Fsp3) is 0.889. The Bertz CT molecular complexity index is 501. The molecule has 0 saturated heterocycles. The number of carbonyl (C=O) groups is 1. The zero-order valence-corrected chi connectivity index (χ0v) is 19.3. The van der Waals surface area contributed by atoms with Gasteiger partial charge in [-0.1, -0.05) is 64.0 Å². The molecule has 166 valence electrons. The average molecular weight is 403 g/mol. The van der Waals surface area contributed by atoms with Gasteiger partial charge < -0.3 is 4.74 Å². The van der Waals surface area contributed by atoms with Crippen molar-refractivity contribution in [3.8, 4) is 0 Å². The summed E-state index contributed by atoms with van der Waals surface area (Å²) in [5, 5.41) is 0. The fourth-order valence-electron chi connectivity index (χ4n) is 5.88. The Morgan fingerprint density at radius 1 is 0.862 bits per heavy atom. The van der Waals surface area contributed by atoms with Gasteiger partial charge in [0.1, 0.15) is 5.60 Å². The van der Waals surface area contributed by atoms with Crippen LogP contribution in [0.2, 0.25) is 0 Å². The van der Waals surface area contributed by atoms with E-state index in [1.54, 1.807) is 0 Å². The van der Waals surface area contributed by atoms with E-state index in [2.05, 4.69) is 26.0 Å². The third kappa shape index (κ3) is 7.44. The highest BCUT2D eigenvalue weighted by molar-refractivity contribution is 5.73. The molecule has 3 fully saturated rings. The van der Waals surface area contributed by atoms with Crippen molar-refractivity contribution in [3.63, 3.8) is 0 Å². The highest BCUT2D eigenvalue weighted by atomic mass is 16.6. The minimum atomic E-state index is -0.213. The van der Waals surface area contributed by atoms with Gasteiger partial charge in [-0.25, -0.2) is 0 Å². The van der Waals surface area contributed by atoms with Gasteiger partial charge in [0.2, 0.25) is 0 Å². The Kier molecular flexibility index (Phi) is 9.12. The van der Waals surface area contributed by atoms with E-state index in [0.29, 0.717) is 5.92 Å². The molecular weight excluding hydrogens is 356 g/mol. The van der Waals surface area contributed by atoms with Crippen LogP contribution in [0.3, 0.4) is 0 Å². The second-order valence-electron chi connectivity index (χ2n) is 10.7. The van der Waals surface area contributed by atoms with E-state index in [9.17, 15) is 4.79 Å². The lowest BCUT2D eigenvalue weighted by Gasteiger charge is -2.37. The molecule has 0 aromatic rings. The lowest BCUT2D eigenvalue weighted by atomic mass is 9.77. The number of rotatable bonds is 8.